The second kappa shape index (κ2) is 2.23. The topological polar surface area (TPSA) is 9.23 Å². The summed E-state index contributed by atoms with van der Waals surface area (Å²) in [5.41, 5.74) is 1.37. The third-order valence-electron chi connectivity index (χ3n) is 2.26. The minimum absolute atomic E-state index is 0.854. The first-order valence-corrected chi connectivity index (χ1v) is 4.94. The van der Waals surface area contributed by atoms with Crippen LogP contribution >= 0.6 is 11.3 Å². The van der Waals surface area contributed by atoms with Gasteiger partial charge >= 0.3 is 0 Å². The summed E-state index contributed by atoms with van der Waals surface area (Å²) in [6.45, 7) is 0.854. The zero-order chi connectivity index (χ0) is 7.97. The van der Waals surface area contributed by atoms with Crippen molar-refractivity contribution in [3.05, 3.63) is 29.1 Å². The number of rotatable bonds is 0. The molecule has 1 aliphatic rings. The van der Waals surface area contributed by atoms with E-state index in [0.29, 0.717) is 0 Å². The number of hydrogen-bond acceptors (Lipinski definition) is 2. The normalized spacial score (nSPS) is 14.7. The van der Waals surface area contributed by atoms with Crippen molar-refractivity contribution in [1.29, 1.82) is 0 Å². The quantitative estimate of drug-likeness (QED) is 0.599. The standard InChI is InChI=1S/C10H8OS/c1-3-11-9-5-8-2-4-12-10(8)6-7(1)9/h2,4-6H,1,3H2. The first kappa shape index (κ1) is 6.49. The van der Waals surface area contributed by atoms with Crippen molar-refractivity contribution in [2.75, 3.05) is 6.61 Å². The van der Waals surface area contributed by atoms with E-state index in [0.717, 1.165) is 18.8 Å². The lowest BCUT2D eigenvalue weighted by atomic mass is 10.1. The highest BCUT2D eigenvalue weighted by Gasteiger charge is 2.12. The maximum Gasteiger partial charge on any atom is 0.123 e. The Labute approximate surface area is 74.6 Å². The molecule has 0 radical (unpaired) electrons. The molecule has 12 heavy (non-hydrogen) atoms. The van der Waals surface area contributed by atoms with Gasteiger partial charge in [0.15, 0.2) is 0 Å². The number of thiophene rings is 1. The van der Waals surface area contributed by atoms with Crippen molar-refractivity contribution in [1.82, 2.24) is 0 Å². The smallest absolute Gasteiger partial charge is 0.123 e. The van der Waals surface area contributed by atoms with Crippen LogP contribution in [0.2, 0.25) is 0 Å². The molecule has 0 amide bonds. The van der Waals surface area contributed by atoms with E-state index in [1.165, 1.54) is 15.6 Å². The molecule has 0 unspecified atom stereocenters. The highest BCUT2D eigenvalue weighted by Crippen LogP contribution is 2.32. The summed E-state index contributed by atoms with van der Waals surface area (Å²) in [5.74, 6) is 1.08. The van der Waals surface area contributed by atoms with Crippen molar-refractivity contribution < 1.29 is 4.74 Å². The molecule has 0 fully saturated rings. The first-order valence-electron chi connectivity index (χ1n) is 4.06. The molecule has 0 saturated carbocycles. The van der Waals surface area contributed by atoms with Gasteiger partial charge in [0, 0.05) is 11.1 Å². The number of ether oxygens (including phenoxy) is 1. The molecule has 60 valence electrons. The summed E-state index contributed by atoms with van der Waals surface area (Å²) in [5, 5.41) is 3.43. The fourth-order valence-electron chi connectivity index (χ4n) is 1.63. The minimum atomic E-state index is 0.854. The molecule has 2 heteroatoms. The molecule has 2 heterocycles. The van der Waals surface area contributed by atoms with Crippen LogP contribution in [-0.2, 0) is 6.42 Å². The van der Waals surface area contributed by atoms with Gasteiger partial charge in [-0.05, 0) is 34.5 Å². The second-order valence-electron chi connectivity index (χ2n) is 3.02. The summed E-state index contributed by atoms with van der Waals surface area (Å²) in [6.07, 6.45) is 1.07. The average Bonchev–Trinajstić information content (AvgIpc) is 2.64. The van der Waals surface area contributed by atoms with Crippen LogP contribution in [0.3, 0.4) is 0 Å². The van der Waals surface area contributed by atoms with Crippen molar-refractivity contribution in [3.63, 3.8) is 0 Å². The van der Waals surface area contributed by atoms with E-state index in [-0.39, 0.29) is 0 Å². The first-order chi connectivity index (χ1) is 5.93. The lowest BCUT2D eigenvalue weighted by Gasteiger charge is -1.97. The Kier molecular flexibility index (Phi) is 1.21. The zero-order valence-electron chi connectivity index (χ0n) is 6.54. The van der Waals surface area contributed by atoms with Crippen LogP contribution in [0.4, 0.5) is 0 Å². The van der Waals surface area contributed by atoms with Gasteiger partial charge in [0.1, 0.15) is 5.75 Å². The van der Waals surface area contributed by atoms with Crippen molar-refractivity contribution >= 4 is 21.4 Å². The van der Waals surface area contributed by atoms with Gasteiger partial charge in [0.2, 0.25) is 0 Å². The molecule has 1 nitrogen and oxygen atoms in total. The Bertz CT molecular complexity index is 392. The van der Waals surface area contributed by atoms with Crippen molar-refractivity contribution in [2.45, 2.75) is 6.42 Å². The zero-order valence-corrected chi connectivity index (χ0v) is 7.36. The van der Waals surface area contributed by atoms with Gasteiger partial charge in [0.05, 0.1) is 6.61 Å². The Morgan fingerprint density at radius 1 is 1.33 bits per heavy atom. The van der Waals surface area contributed by atoms with E-state index in [1.54, 1.807) is 11.3 Å². The molecule has 1 aromatic heterocycles. The molecule has 0 spiro atoms. The number of hydrogen-bond donors (Lipinski definition) is 0. The maximum absolute atomic E-state index is 5.48. The Morgan fingerprint density at radius 2 is 2.33 bits per heavy atom. The summed E-state index contributed by atoms with van der Waals surface area (Å²) in [7, 11) is 0. The third-order valence-corrected chi connectivity index (χ3v) is 3.14. The molecule has 0 atom stereocenters. The highest BCUT2D eigenvalue weighted by atomic mass is 32.1. The largest absolute Gasteiger partial charge is 0.493 e. The van der Waals surface area contributed by atoms with E-state index >= 15 is 0 Å². The highest BCUT2D eigenvalue weighted by molar-refractivity contribution is 7.17. The summed E-state index contributed by atoms with van der Waals surface area (Å²) in [4.78, 5) is 0. The Hall–Kier alpha value is -1.02. The molecule has 2 aromatic rings. The summed E-state index contributed by atoms with van der Waals surface area (Å²) < 4.78 is 6.85. The predicted octanol–water partition coefficient (Wildman–Crippen LogP) is 2.84. The van der Waals surface area contributed by atoms with Crippen LogP contribution < -0.4 is 4.74 Å². The van der Waals surface area contributed by atoms with Gasteiger partial charge in [-0.15, -0.1) is 11.3 Å². The molecule has 1 aliphatic heterocycles. The van der Waals surface area contributed by atoms with Gasteiger partial charge in [-0.2, -0.15) is 0 Å². The van der Waals surface area contributed by atoms with Crippen LogP contribution in [0.25, 0.3) is 10.1 Å². The molecular formula is C10H8OS. The molecule has 1 aromatic carbocycles. The van der Waals surface area contributed by atoms with Gasteiger partial charge in [-0.3, -0.25) is 0 Å². The van der Waals surface area contributed by atoms with E-state index in [2.05, 4.69) is 23.6 Å². The van der Waals surface area contributed by atoms with Crippen molar-refractivity contribution in [3.8, 4) is 5.75 Å². The lowest BCUT2D eigenvalue weighted by molar-refractivity contribution is 0.357. The fraction of sp³-hybridized carbons (Fsp3) is 0.200. The lowest BCUT2D eigenvalue weighted by Crippen LogP contribution is -1.85. The van der Waals surface area contributed by atoms with E-state index < -0.39 is 0 Å². The average molecular weight is 176 g/mol. The van der Waals surface area contributed by atoms with E-state index in [1.807, 2.05) is 0 Å². The van der Waals surface area contributed by atoms with Crippen LogP contribution in [0.15, 0.2) is 23.6 Å². The molecular weight excluding hydrogens is 168 g/mol. The minimum Gasteiger partial charge on any atom is -0.493 e. The monoisotopic (exact) mass is 176 g/mol. The van der Waals surface area contributed by atoms with Crippen LogP contribution in [-0.4, -0.2) is 6.61 Å². The molecule has 0 bridgehead atoms. The van der Waals surface area contributed by atoms with Crippen LogP contribution in [0.1, 0.15) is 5.56 Å². The van der Waals surface area contributed by atoms with Crippen LogP contribution in [0.5, 0.6) is 5.75 Å². The second-order valence-corrected chi connectivity index (χ2v) is 3.96. The molecule has 0 aliphatic carbocycles. The Balaban J connectivity index is 2.38. The predicted molar refractivity (Wildman–Crippen MR) is 51.0 cm³/mol. The number of benzene rings is 1. The Morgan fingerprint density at radius 3 is 3.33 bits per heavy atom. The summed E-state index contributed by atoms with van der Waals surface area (Å²) in [6, 6.07) is 6.54. The van der Waals surface area contributed by atoms with Gasteiger partial charge in [-0.1, -0.05) is 0 Å². The maximum atomic E-state index is 5.48. The van der Waals surface area contributed by atoms with E-state index in [9.17, 15) is 0 Å². The summed E-state index contributed by atoms with van der Waals surface area (Å²) >= 11 is 1.80. The van der Waals surface area contributed by atoms with Gasteiger partial charge in [0.25, 0.3) is 0 Å². The molecule has 0 N–H and O–H groups in total. The van der Waals surface area contributed by atoms with Crippen molar-refractivity contribution in [2.24, 2.45) is 0 Å². The SMILES string of the molecule is c1cc2cc3c(cc2s1)CCO3. The van der Waals surface area contributed by atoms with Gasteiger partial charge in [-0.25, -0.2) is 0 Å². The van der Waals surface area contributed by atoms with Crippen LogP contribution in [0, 0.1) is 0 Å². The van der Waals surface area contributed by atoms with Gasteiger partial charge < -0.3 is 4.74 Å². The third kappa shape index (κ3) is 0.786. The molecule has 3 rings (SSSR count). The number of fused-ring (bicyclic) bond motifs is 2. The molecule has 0 saturated heterocycles. The van der Waals surface area contributed by atoms with E-state index in [4.69, 9.17) is 4.74 Å². The fourth-order valence-corrected chi connectivity index (χ4v) is 2.47.